The van der Waals surface area contributed by atoms with Crippen molar-refractivity contribution in [1.29, 1.82) is 0 Å². The van der Waals surface area contributed by atoms with Crippen LogP contribution in [0, 0.1) is 0 Å². The van der Waals surface area contributed by atoms with Crippen LogP contribution >= 0.6 is 0 Å². The fourth-order valence-electron chi connectivity index (χ4n) is 2.72. The van der Waals surface area contributed by atoms with E-state index in [1.807, 2.05) is 13.8 Å². The Morgan fingerprint density at radius 1 is 0.600 bits per heavy atom. The molecule has 0 saturated heterocycles. The standard InChI is InChI=1S/C18H36O2.C4H10O/c1-3-4-5-6-7-8-9-10-11-12-13-14-15-16-17-20-18(2)19;1-3-5-4-2/h3-17H2,1-2H3;3-4H2,1-2H3. The van der Waals surface area contributed by atoms with E-state index in [-0.39, 0.29) is 5.97 Å². The summed E-state index contributed by atoms with van der Waals surface area (Å²) in [6.07, 6.45) is 19.0. The van der Waals surface area contributed by atoms with Crippen molar-refractivity contribution >= 4 is 5.97 Å². The molecule has 0 aliphatic rings. The zero-order valence-corrected chi connectivity index (χ0v) is 17.7. The maximum absolute atomic E-state index is 10.6. The third-order valence-corrected chi connectivity index (χ3v) is 4.21. The average molecular weight is 359 g/mol. The summed E-state index contributed by atoms with van der Waals surface area (Å²) in [6, 6.07) is 0. The van der Waals surface area contributed by atoms with Gasteiger partial charge in [-0.3, -0.25) is 4.79 Å². The minimum atomic E-state index is -0.153. The first-order chi connectivity index (χ1) is 12.2. The number of esters is 1. The monoisotopic (exact) mass is 358 g/mol. The summed E-state index contributed by atoms with van der Waals surface area (Å²) in [7, 11) is 0. The van der Waals surface area contributed by atoms with Gasteiger partial charge in [0.25, 0.3) is 0 Å². The molecule has 152 valence electrons. The van der Waals surface area contributed by atoms with E-state index in [0.29, 0.717) is 6.61 Å². The molecule has 0 aliphatic heterocycles. The molecular formula is C22H46O3. The molecule has 0 fully saturated rings. The van der Waals surface area contributed by atoms with Crippen LogP contribution in [0.1, 0.15) is 118 Å². The molecule has 0 bridgehead atoms. The van der Waals surface area contributed by atoms with Crippen molar-refractivity contribution in [1.82, 2.24) is 0 Å². The predicted octanol–water partition coefficient (Wildman–Crippen LogP) is 7.07. The Balaban J connectivity index is 0. The van der Waals surface area contributed by atoms with Crippen LogP contribution in [0.2, 0.25) is 0 Å². The lowest BCUT2D eigenvalue weighted by Crippen LogP contribution is -2.00. The zero-order chi connectivity index (χ0) is 19.0. The number of hydrogen-bond donors (Lipinski definition) is 0. The van der Waals surface area contributed by atoms with E-state index in [1.54, 1.807) is 0 Å². The van der Waals surface area contributed by atoms with Gasteiger partial charge in [0.2, 0.25) is 0 Å². The number of carbonyl (C=O) groups is 1. The van der Waals surface area contributed by atoms with Crippen molar-refractivity contribution < 1.29 is 14.3 Å². The molecule has 0 N–H and O–H groups in total. The molecule has 0 unspecified atom stereocenters. The predicted molar refractivity (Wildman–Crippen MR) is 109 cm³/mol. The average Bonchev–Trinajstić information content (AvgIpc) is 2.59. The van der Waals surface area contributed by atoms with E-state index in [4.69, 9.17) is 9.47 Å². The third kappa shape index (κ3) is 31.7. The molecule has 0 heterocycles. The summed E-state index contributed by atoms with van der Waals surface area (Å²) in [5.74, 6) is -0.153. The maximum Gasteiger partial charge on any atom is 0.302 e. The van der Waals surface area contributed by atoms with Gasteiger partial charge < -0.3 is 9.47 Å². The van der Waals surface area contributed by atoms with Gasteiger partial charge in [-0.2, -0.15) is 0 Å². The first-order valence-corrected chi connectivity index (χ1v) is 10.9. The van der Waals surface area contributed by atoms with Gasteiger partial charge in [-0.05, 0) is 20.3 Å². The molecule has 0 spiro atoms. The summed E-state index contributed by atoms with van der Waals surface area (Å²) < 4.78 is 9.74. The molecule has 0 aliphatic carbocycles. The second-order valence-electron chi connectivity index (χ2n) is 6.72. The van der Waals surface area contributed by atoms with Crippen LogP contribution in [0.25, 0.3) is 0 Å². The normalized spacial score (nSPS) is 10.2. The third-order valence-electron chi connectivity index (χ3n) is 4.21. The Labute approximate surface area is 158 Å². The largest absolute Gasteiger partial charge is 0.466 e. The quantitative estimate of drug-likeness (QED) is 0.206. The lowest BCUT2D eigenvalue weighted by atomic mass is 10.0. The number of hydrogen-bond acceptors (Lipinski definition) is 3. The minimum Gasteiger partial charge on any atom is -0.466 e. The van der Waals surface area contributed by atoms with Crippen LogP contribution in [-0.2, 0) is 14.3 Å². The molecule has 0 rings (SSSR count). The second kappa shape index (κ2) is 25.7. The molecule has 3 nitrogen and oxygen atoms in total. The van der Waals surface area contributed by atoms with Crippen LogP contribution < -0.4 is 0 Å². The molecule has 0 aromatic carbocycles. The Morgan fingerprint density at radius 2 is 0.960 bits per heavy atom. The van der Waals surface area contributed by atoms with Crippen molar-refractivity contribution in [3.8, 4) is 0 Å². The van der Waals surface area contributed by atoms with Gasteiger partial charge in [-0.1, -0.05) is 90.4 Å². The molecule has 0 aromatic rings. The number of carbonyl (C=O) groups excluding carboxylic acids is 1. The molecule has 25 heavy (non-hydrogen) atoms. The Morgan fingerprint density at radius 3 is 1.24 bits per heavy atom. The zero-order valence-electron chi connectivity index (χ0n) is 17.7. The molecule has 0 aromatic heterocycles. The van der Waals surface area contributed by atoms with E-state index in [9.17, 15) is 4.79 Å². The van der Waals surface area contributed by atoms with Gasteiger partial charge >= 0.3 is 5.97 Å². The maximum atomic E-state index is 10.6. The molecule has 3 heteroatoms. The lowest BCUT2D eigenvalue weighted by molar-refractivity contribution is -0.141. The SMILES string of the molecule is CCCCCCCCCCCCCCCCOC(C)=O.CCOCC. The van der Waals surface area contributed by atoms with Gasteiger partial charge in [0, 0.05) is 20.1 Å². The minimum absolute atomic E-state index is 0.153. The smallest absolute Gasteiger partial charge is 0.302 e. The van der Waals surface area contributed by atoms with Crippen LogP contribution in [0.15, 0.2) is 0 Å². The fourth-order valence-corrected chi connectivity index (χ4v) is 2.72. The Bertz CT molecular complexity index is 239. The highest BCUT2D eigenvalue weighted by atomic mass is 16.5. The number of unbranched alkanes of at least 4 members (excludes halogenated alkanes) is 13. The van der Waals surface area contributed by atoms with E-state index >= 15 is 0 Å². The molecule has 0 amide bonds. The number of rotatable bonds is 17. The summed E-state index contributed by atoms with van der Waals surface area (Å²) in [6.45, 7) is 10.0. The highest BCUT2D eigenvalue weighted by Crippen LogP contribution is 2.12. The first-order valence-electron chi connectivity index (χ1n) is 10.9. The van der Waals surface area contributed by atoms with Gasteiger partial charge in [-0.25, -0.2) is 0 Å². The van der Waals surface area contributed by atoms with Crippen molar-refractivity contribution in [2.75, 3.05) is 19.8 Å². The van der Waals surface area contributed by atoms with Crippen LogP contribution in [0.5, 0.6) is 0 Å². The van der Waals surface area contributed by atoms with E-state index < -0.39 is 0 Å². The van der Waals surface area contributed by atoms with Crippen LogP contribution in [0.4, 0.5) is 0 Å². The van der Waals surface area contributed by atoms with Crippen LogP contribution in [0.3, 0.4) is 0 Å². The highest BCUT2D eigenvalue weighted by Gasteiger charge is 1.95. The van der Waals surface area contributed by atoms with Gasteiger partial charge in [0.05, 0.1) is 6.61 Å². The van der Waals surface area contributed by atoms with Crippen molar-refractivity contribution in [2.24, 2.45) is 0 Å². The van der Waals surface area contributed by atoms with E-state index in [1.165, 1.54) is 90.4 Å². The summed E-state index contributed by atoms with van der Waals surface area (Å²) >= 11 is 0. The highest BCUT2D eigenvalue weighted by molar-refractivity contribution is 5.65. The van der Waals surface area contributed by atoms with E-state index in [0.717, 1.165) is 19.6 Å². The van der Waals surface area contributed by atoms with Crippen LogP contribution in [-0.4, -0.2) is 25.8 Å². The summed E-state index contributed by atoms with van der Waals surface area (Å²) in [4.78, 5) is 10.6. The van der Waals surface area contributed by atoms with Gasteiger partial charge in [0.1, 0.15) is 0 Å². The van der Waals surface area contributed by atoms with Gasteiger partial charge in [0.15, 0.2) is 0 Å². The second-order valence-corrected chi connectivity index (χ2v) is 6.72. The molecule has 0 saturated carbocycles. The summed E-state index contributed by atoms with van der Waals surface area (Å²) in [5.41, 5.74) is 0. The number of ether oxygens (including phenoxy) is 2. The van der Waals surface area contributed by atoms with E-state index in [2.05, 4.69) is 6.92 Å². The van der Waals surface area contributed by atoms with Gasteiger partial charge in [-0.15, -0.1) is 0 Å². The molecule has 0 radical (unpaired) electrons. The fraction of sp³-hybridized carbons (Fsp3) is 0.955. The van der Waals surface area contributed by atoms with Crippen molar-refractivity contribution in [3.05, 3.63) is 0 Å². The van der Waals surface area contributed by atoms with Crippen molar-refractivity contribution in [2.45, 2.75) is 118 Å². The molecular weight excluding hydrogens is 312 g/mol. The first kappa shape index (κ1) is 26.7. The summed E-state index contributed by atoms with van der Waals surface area (Å²) in [5, 5.41) is 0. The van der Waals surface area contributed by atoms with Crippen molar-refractivity contribution in [3.63, 3.8) is 0 Å². The lowest BCUT2D eigenvalue weighted by Gasteiger charge is -2.03. The Hall–Kier alpha value is -0.570. The topological polar surface area (TPSA) is 35.5 Å². The Kier molecular flexibility index (Phi) is 27.4. The molecule has 0 atom stereocenters.